The monoisotopic (exact) mass is 362 g/mol. The number of hydrogen-bond donors (Lipinski definition) is 1. The molecule has 112 valence electrons. The lowest BCUT2D eigenvalue weighted by Gasteiger charge is -2.34. The number of benzene rings is 1. The predicted octanol–water partition coefficient (Wildman–Crippen LogP) is 1.71. The Morgan fingerprint density at radius 2 is 2.25 bits per heavy atom. The third-order valence-corrected chi connectivity index (χ3v) is 6.39. The molecule has 0 aliphatic carbocycles. The number of rotatable bonds is 4. The van der Waals surface area contributed by atoms with E-state index in [-0.39, 0.29) is 10.9 Å². The maximum Gasteiger partial charge on any atom is 0.244 e. The quantitative estimate of drug-likeness (QED) is 0.884. The smallest absolute Gasteiger partial charge is 0.244 e. The SMILES string of the molecule is CCC1COCCN1S(=O)(=O)c1ccc(CN)cc1Br. The second-order valence-corrected chi connectivity index (χ2v) is 7.43. The van der Waals surface area contributed by atoms with Crippen molar-refractivity contribution < 1.29 is 13.2 Å². The van der Waals surface area contributed by atoms with Gasteiger partial charge in [0.2, 0.25) is 10.0 Å². The van der Waals surface area contributed by atoms with Gasteiger partial charge >= 0.3 is 0 Å². The summed E-state index contributed by atoms with van der Waals surface area (Å²) in [5.74, 6) is 0. The van der Waals surface area contributed by atoms with E-state index in [4.69, 9.17) is 10.5 Å². The van der Waals surface area contributed by atoms with Gasteiger partial charge in [-0.2, -0.15) is 4.31 Å². The molecule has 1 heterocycles. The fourth-order valence-corrected chi connectivity index (χ4v) is 5.04. The number of ether oxygens (including phenoxy) is 1. The first-order valence-electron chi connectivity index (χ1n) is 6.58. The predicted molar refractivity (Wildman–Crippen MR) is 80.8 cm³/mol. The zero-order valence-corrected chi connectivity index (χ0v) is 13.8. The second-order valence-electron chi connectivity index (χ2n) is 4.72. The highest BCUT2D eigenvalue weighted by Crippen LogP contribution is 2.28. The van der Waals surface area contributed by atoms with Crippen LogP contribution < -0.4 is 5.73 Å². The first-order chi connectivity index (χ1) is 9.50. The Morgan fingerprint density at radius 1 is 1.50 bits per heavy atom. The van der Waals surface area contributed by atoms with Crippen molar-refractivity contribution in [3.63, 3.8) is 0 Å². The van der Waals surface area contributed by atoms with E-state index in [1.165, 1.54) is 0 Å². The number of halogens is 1. The van der Waals surface area contributed by atoms with E-state index >= 15 is 0 Å². The van der Waals surface area contributed by atoms with Crippen molar-refractivity contribution in [3.05, 3.63) is 28.2 Å². The van der Waals surface area contributed by atoms with Crippen LogP contribution in [-0.4, -0.2) is 38.5 Å². The van der Waals surface area contributed by atoms with Crippen LogP contribution in [0.3, 0.4) is 0 Å². The number of nitrogens with zero attached hydrogens (tertiary/aromatic N) is 1. The van der Waals surface area contributed by atoms with Gasteiger partial charge in [0.25, 0.3) is 0 Å². The van der Waals surface area contributed by atoms with Crippen molar-refractivity contribution >= 4 is 26.0 Å². The summed E-state index contributed by atoms with van der Waals surface area (Å²) >= 11 is 3.34. The Labute approximate surface area is 128 Å². The van der Waals surface area contributed by atoms with Crippen molar-refractivity contribution in [2.24, 2.45) is 5.73 Å². The van der Waals surface area contributed by atoms with Gasteiger partial charge in [0.15, 0.2) is 0 Å². The molecule has 0 bridgehead atoms. The molecule has 5 nitrogen and oxygen atoms in total. The summed E-state index contributed by atoms with van der Waals surface area (Å²) in [7, 11) is -3.51. The lowest BCUT2D eigenvalue weighted by molar-refractivity contribution is 0.0314. The molecule has 1 aliphatic heterocycles. The molecule has 0 radical (unpaired) electrons. The summed E-state index contributed by atoms with van der Waals surface area (Å²) in [5, 5.41) is 0. The van der Waals surface area contributed by atoms with Gasteiger partial charge in [-0.3, -0.25) is 0 Å². The average molecular weight is 363 g/mol. The molecule has 2 rings (SSSR count). The largest absolute Gasteiger partial charge is 0.378 e. The first-order valence-corrected chi connectivity index (χ1v) is 8.82. The van der Waals surface area contributed by atoms with Crippen LogP contribution in [0.1, 0.15) is 18.9 Å². The first kappa shape index (κ1) is 15.9. The Hall–Kier alpha value is -0.470. The summed E-state index contributed by atoms with van der Waals surface area (Å²) in [6.07, 6.45) is 0.734. The molecule has 20 heavy (non-hydrogen) atoms. The lowest BCUT2D eigenvalue weighted by atomic mass is 10.2. The molecule has 0 saturated carbocycles. The van der Waals surface area contributed by atoms with Gasteiger partial charge < -0.3 is 10.5 Å². The zero-order valence-electron chi connectivity index (χ0n) is 11.4. The molecule has 0 aromatic heterocycles. The molecule has 1 saturated heterocycles. The molecule has 1 aliphatic rings. The molecular formula is C13H19BrN2O3S. The molecule has 7 heteroatoms. The third kappa shape index (κ3) is 3.07. The fraction of sp³-hybridized carbons (Fsp3) is 0.538. The highest BCUT2D eigenvalue weighted by molar-refractivity contribution is 9.10. The summed E-state index contributed by atoms with van der Waals surface area (Å²) in [6, 6.07) is 5.02. The maximum atomic E-state index is 12.8. The highest BCUT2D eigenvalue weighted by Gasteiger charge is 2.34. The van der Waals surface area contributed by atoms with E-state index in [2.05, 4.69) is 15.9 Å². The van der Waals surface area contributed by atoms with Gasteiger partial charge in [0.1, 0.15) is 0 Å². The van der Waals surface area contributed by atoms with E-state index in [0.717, 1.165) is 12.0 Å². The van der Waals surface area contributed by atoms with Gasteiger partial charge in [0.05, 0.1) is 18.1 Å². The fourth-order valence-electron chi connectivity index (χ4n) is 2.28. The van der Waals surface area contributed by atoms with Crippen molar-refractivity contribution in [2.45, 2.75) is 30.8 Å². The minimum absolute atomic E-state index is 0.102. The van der Waals surface area contributed by atoms with Gasteiger partial charge in [-0.25, -0.2) is 8.42 Å². The third-order valence-electron chi connectivity index (χ3n) is 3.46. The van der Waals surface area contributed by atoms with Crippen LogP contribution in [-0.2, 0) is 21.3 Å². The van der Waals surface area contributed by atoms with E-state index in [1.807, 2.05) is 6.92 Å². The minimum Gasteiger partial charge on any atom is -0.378 e. The number of sulfonamides is 1. The molecule has 0 amide bonds. The molecule has 1 fully saturated rings. The maximum absolute atomic E-state index is 12.8. The van der Waals surface area contributed by atoms with Crippen LogP contribution in [0.5, 0.6) is 0 Å². The van der Waals surface area contributed by atoms with Gasteiger partial charge in [0, 0.05) is 23.6 Å². The molecule has 1 unspecified atom stereocenters. The van der Waals surface area contributed by atoms with Crippen LogP contribution in [0.2, 0.25) is 0 Å². The van der Waals surface area contributed by atoms with Gasteiger partial charge in [-0.1, -0.05) is 13.0 Å². The Balaban J connectivity index is 2.38. The van der Waals surface area contributed by atoms with Crippen molar-refractivity contribution in [1.29, 1.82) is 0 Å². The molecule has 1 aromatic carbocycles. The lowest BCUT2D eigenvalue weighted by Crippen LogP contribution is -2.48. The van der Waals surface area contributed by atoms with E-state index in [1.54, 1.807) is 22.5 Å². The van der Waals surface area contributed by atoms with Crippen LogP contribution >= 0.6 is 15.9 Å². The topological polar surface area (TPSA) is 72.6 Å². The molecule has 0 spiro atoms. The standard InChI is InChI=1S/C13H19BrN2O3S/c1-2-11-9-19-6-5-16(11)20(17,18)13-4-3-10(8-15)7-12(13)14/h3-4,7,11H,2,5-6,8-9,15H2,1H3. The molecule has 1 aromatic rings. The van der Waals surface area contributed by atoms with Gasteiger partial charge in [-0.15, -0.1) is 0 Å². The van der Waals surface area contributed by atoms with Crippen molar-refractivity contribution in [3.8, 4) is 0 Å². The number of nitrogens with two attached hydrogens (primary N) is 1. The van der Waals surface area contributed by atoms with Crippen molar-refractivity contribution in [1.82, 2.24) is 4.31 Å². The highest BCUT2D eigenvalue weighted by atomic mass is 79.9. The Bertz CT molecular complexity index is 577. The minimum atomic E-state index is -3.51. The molecule has 2 N–H and O–H groups in total. The average Bonchev–Trinajstić information content (AvgIpc) is 2.46. The van der Waals surface area contributed by atoms with E-state index in [9.17, 15) is 8.42 Å². The second kappa shape index (κ2) is 6.53. The van der Waals surface area contributed by atoms with Gasteiger partial charge in [-0.05, 0) is 40.0 Å². The van der Waals surface area contributed by atoms with Crippen LogP contribution in [0, 0.1) is 0 Å². The number of morpholine rings is 1. The number of hydrogen-bond acceptors (Lipinski definition) is 4. The van der Waals surface area contributed by atoms with Crippen LogP contribution in [0.25, 0.3) is 0 Å². The summed E-state index contributed by atoms with van der Waals surface area (Å²) < 4.78 is 33.0. The molecule has 1 atom stereocenters. The summed E-state index contributed by atoms with van der Waals surface area (Å²) in [5.41, 5.74) is 6.46. The zero-order chi connectivity index (χ0) is 14.8. The Kier molecular flexibility index (Phi) is 5.19. The summed E-state index contributed by atoms with van der Waals surface area (Å²) in [6.45, 7) is 3.64. The molecular weight excluding hydrogens is 344 g/mol. The van der Waals surface area contributed by atoms with Crippen LogP contribution in [0.4, 0.5) is 0 Å². The van der Waals surface area contributed by atoms with E-state index < -0.39 is 10.0 Å². The Morgan fingerprint density at radius 3 is 2.85 bits per heavy atom. The van der Waals surface area contributed by atoms with Crippen LogP contribution in [0.15, 0.2) is 27.6 Å². The normalized spacial score (nSPS) is 21.1. The summed E-state index contributed by atoms with van der Waals surface area (Å²) in [4.78, 5) is 0.287. The van der Waals surface area contributed by atoms with E-state index in [0.29, 0.717) is 30.8 Å². The van der Waals surface area contributed by atoms with Crippen molar-refractivity contribution in [2.75, 3.05) is 19.8 Å².